The fourth-order valence-corrected chi connectivity index (χ4v) is 0.656. The molecule has 6 heteroatoms. The first-order valence-electron chi connectivity index (χ1n) is 2.79. The van der Waals surface area contributed by atoms with Gasteiger partial charge in [0.2, 0.25) is 5.69 Å². The fourth-order valence-electron chi connectivity index (χ4n) is 0.656. The predicted octanol–water partition coefficient (Wildman–Crippen LogP) is -0.318. The van der Waals surface area contributed by atoms with Gasteiger partial charge >= 0.3 is 5.69 Å². The number of quaternary nitrogens is 1. The van der Waals surface area contributed by atoms with Gasteiger partial charge in [-0.3, -0.25) is 15.1 Å². The maximum Gasteiger partial charge on any atom is 0.332 e. The Kier molecular flexibility index (Phi) is 2.09. The van der Waals surface area contributed by atoms with Crippen molar-refractivity contribution in [2.45, 2.75) is 0 Å². The molecule has 6 nitrogen and oxygen atoms in total. The SMILES string of the molecule is O=[N+]([O-])c1ccncc1[NH2+][O-]. The van der Waals surface area contributed by atoms with Gasteiger partial charge in [0.15, 0.2) is 0 Å². The predicted molar refractivity (Wildman–Crippen MR) is 35.8 cm³/mol. The minimum Gasteiger partial charge on any atom is -0.630 e. The van der Waals surface area contributed by atoms with Crippen LogP contribution in [0.5, 0.6) is 0 Å². The Morgan fingerprint density at radius 2 is 2.36 bits per heavy atom. The molecule has 0 atom stereocenters. The van der Waals surface area contributed by atoms with Crippen LogP contribution in [0.3, 0.4) is 0 Å². The van der Waals surface area contributed by atoms with E-state index in [0.29, 0.717) is 5.48 Å². The maximum absolute atomic E-state index is 10.2. The maximum atomic E-state index is 10.2. The van der Waals surface area contributed by atoms with Crippen molar-refractivity contribution < 1.29 is 10.4 Å². The first-order chi connectivity index (χ1) is 5.25. The summed E-state index contributed by atoms with van der Waals surface area (Å²) >= 11 is 0. The zero-order valence-corrected chi connectivity index (χ0v) is 5.43. The molecule has 1 aromatic rings. The highest BCUT2D eigenvalue weighted by Crippen LogP contribution is 2.16. The summed E-state index contributed by atoms with van der Waals surface area (Å²) in [5, 5.41) is 20.4. The van der Waals surface area contributed by atoms with Gasteiger partial charge in [-0.15, -0.1) is 0 Å². The van der Waals surface area contributed by atoms with Gasteiger partial charge in [-0.25, -0.2) is 0 Å². The molecule has 1 aromatic heterocycles. The lowest BCUT2D eigenvalue weighted by Crippen LogP contribution is -2.70. The van der Waals surface area contributed by atoms with E-state index in [9.17, 15) is 15.3 Å². The number of aromatic nitrogens is 1. The Morgan fingerprint density at radius 1 is 1.64 bits per heavy atom. The highest BCUT2D eigenvalue weighted by Gasteiger charge is 2.13. The molecule has 11 heavy (non-hydrogen) atoms. The summed E-state index contributed by atoms with van der Waals surface area (Å²) in [7, 11) is 0. The summed E-state index contributed by atoms with van der Waals surface area (Å²) in [6.07, 6.45) is 2.43. The monoisotopic (exact) mass is 155 g/mol. The van der Waals surface area contributed by atoms with E-state index in [4.69, 9.17) is 0 Å². The number of nitro groups is 1. The van der Waals surface area contributed by atoms with Crippen LogP contribution in [0.25, 0.3) is 0 Å². The Bertz CT molecular complexity index is 275. The molecule has 0 amide bonds. The van der Waals surface area contributed by atoms with Gasteiger partial charge in [-0.05, 0) is 0 Å². The third-order valence-electron chi connectivity index (χ3n) is 1.15. The highest BCUT2D eigenvalue weighted by molar-refractivity contribution is 5.48. The van der Waals surface area contributed by atoms with Gasteiger partial charge in [-0.2, -0.15) is 0 Å². The van der Waals surface area contributed by atoms with Crippen molar-refractivity contribution in [2.24, 2.45) is 0 Å². The van der Waals surface area contributed by atoms with Gasteiger partial charge < -0.3 is 10.7 Å². The van der Waals surface area contributed by atoms with Crippen LogP contribution in [-0.2, 0) is 0 Å². The van der Waals surface area contributed by atoms with Crippen LogP contribution in [-0.4, -0.2) is 9.91 Å². The van der Waals surface area contributed by atoms with E-state index in [1.54, 1.807) is 0 Å². The molecule has 1 heterocycles. The van der Waals surface area contributed by atoms with Crippen molar-refractivity contribution in [3.05, 3.63) is 33.8 Å². The summed E-state index contributed by atoms with van der Waals surface area (Å²) in [5.41, 5.74) is 0.193. The number of rotatable bonds is 2. The lowest BCUT2D eigenvalue weighted by Gasteiger charge is -1.99. The molecule has 2 N–H and O–H groups in total. The molecule has 0 radical (unpaired) electrons. The summed E-state index contributed by atoms with van der Waals surface area (Å²) in [6, 6.07) is 1.18. The topological polar surface area (TPSA) is 95.7 Å². The van der Waals surface area contributed by atoms with Crippen molar-refractivity contribution in [3.8, 4) is 0 Å². The molecule has 0 bridgehead atoms. The summed E-state index contributed by atoms with van der Waals surface area (Å²) in [5.74, 6) is 0. The van der Waals surface area contributed by atoms with Gasteiger partial charge in [-0.1, -0.05) is 0 Å². The molecule has 0 fully saturated rings. The molecule has 0 saturated carbocycles. The molecule has 58 valence electrons. The largest absolute Gasteiger partial charge is 0.630 e. The van der Waals surface area contributed by atoms with Crippen LogP contribution >= 0.6 is 0 Å². The zero-order chi connectivity index (χ0) is 8.27. The average molecular weight is 155 g/mol. The normalized spacial score (nSPS) is 9.55. The Balaban J connectivity index is 3.12. The van der Waals surface area contributed by atoms with E-state index in [2.05, 4.69) is 4.98 Å². The van der Waals surface area contributed by atoms with Crippen molar-refractivity contribution in [2.75, 3.05) is 0 Å². The van der Waals surface area contributed by atoms with E-state index in [-0.39, 0.29) is 11.4 Å². The third-order valence-corrected chi connectivity index (χ3v) is 1.15. The summed E-state index contributed by atoms with van der Waals surface area (Å²) < 4.78 is 0. The molecule has 0 unspecified atom stereocenters. The fraction of sp³-hybridized carbons (Fsp3) is 0. The average Bonchev–Trinajstić information content (AvgIpc) is 2.04. The molecular formula is C5H5N3O3. The number of nitrogens with two attached hydrogens (primary N) is 1. The second kappa shape index (κ2) is 3.04. The minimum absolute atomic E-state index is 0.00231. The number of pyridine rings is 1. The van der Waals surface area contributed by atoms with Gasteiger partial charge in [0.25, 0.3) is 0 Å². The number of nitrogens with zero attached hydrogens (tertiary/aromatic N) is 2. The minimum atomic E-state index is -0.620. The van der Waals surface area contributed by atoms with E-state index >= 15 is 0 Å². The van der Waals surface area contributed by atoms with Crippen LogP contribution < -0.4 is 5.48 Å². The molecule has 1 rings (SSSR count). The molecular weight excluding hydrogens is 150 g/mol. The highest BCUT2D eigenvalue weighted by atomic mass is 16.6. The van der Waals surface area contributed by atoms with E-state index < -0.39 is 4.92 Å². The van der Waals surface area contributed by atoms with Crippen molar-refractivity contribution in [1.29, 1.82) is 0 Å². The van der Waals surface area contributed by atoms with Crippen LogP contribution in [0.15, 0.2) is 18.5 Å². The summed E-state index contributed by atoms with van der Waals surface area (Å²) in [4.78, 5) is 13.1. The number of hydrogen-bond acceptors (Lipinski definition) is 4. The first kappa shape index (κ1) is 7.58. The first-order valence-corrected chi connectivity index (χ1v) is 2.79. The number of hydrogen-bond donors (Lipinski definition) is 1. The molecule has 0 spiro atoms. The Morgan fingerprint density at radius 3 is 2.82 bits per heavy atom. The van der Waals surface area contributed by atoms with E-state index in [1.165, 1.54) is 12.3 Å². The van der Waals surface area contributed by atoms with Crippen LogP contribution in [0.2, 0.25) is 0 Å². The molecule has 0 aliphatic rings. The van der Waals surface area contributed by atoms with E-state index in [1.807, 2.05) is 0 Å². The lowest BCUT2D eigenvalue weighted by molar-refractivity contribution is -0.507. The van der Waals surface area contributed by atoms with E-state index in [0.717, 1.165) is 6.20 Å². The zero-order valence-electron chi connectivity index (χ0n) is 5.43. The standard InChI is InChI=1S/C5H5N3O3/c9-7-4-3-6-2-1-5(4)8(10)11/h1-3H,7H2. The second-order valence-corrected chi connectivity index (χ2v) is 1.81. The molecule has 0 aromatic carbocycles. The van der Waals surface area contributed by atoms with Crippen LogP contribution in [0, 0.1) is 15.3 Å². The van der Waals surface area contributed by atoms with Gasteiger partial charge in [0, 0.05) is 12.3 Å². The third kappa shape index (κ3) is 1.48. The van der Waals surface area contributed by atoms with Gasteiger partial charge in [0.05, 0.1) is 11.1 Å². The van der Waals surface area contributed by atoms with Crippen LogP contribution in [0.4, 0.5) is 11.4 Å². The molecule has 0 saturated heterocycles. The van der Waals surface area contributed by atoms with Crippen LogP contribution in [0.1, 0.15) is 0 Å². The quantitative estimate of drug-likeness (QED) is 0.467. The molecule has 0 aliphatic heterocycles. The van der Waals surface area contributed by atoms with Crippen molar-refractivity contribution in [1.82, 2.24) is 4.98 Å². The van der Waals surface area contributed by atoms with Crippen molar-refractivity contribution >= 4 is 11.4 Å². The smallest absolute Gasteiger partial charge is 0.332 e. The second-order valence-electron chi connectivity index (χ2n) is 1.81. The Labute approximate surface area is 61.6 Å². The lowest BCUT2D eigenvalue weighted by atomic mass is 10.4. The summed E-state index contributed by atoms with van der Waals surface area (Å²) in [6.45, 7) is 0. The Hall–Kier alpha value is -1.53. The molecule has 0 aliphatic carbocycles. The van der Waals surface area contributed by atoms with Crippen molar-refractivity contribution in [3.63, 3.8) is 0 Å². The van der Waals surface area contributed by atoms with Gasteiger partial charge in [0.1, 0.15) is 0 Å².